The van der Waals surface area contributed by atoms with E-state index < -0.39 is 32.8 Å². The molecule has 2 aliphatic carbocycles. The molecule has 0 aromatic rings. The van der Waals surface area contributed by atoms with Crippen molar-refractivity contribution in [1.29, 1.82) is 0 Å². The maximum absolute atomic E-state index is 11.6. The number of rotatable bonds is 5. The SMILES string of the molecule is NC1CCC(C=CC2CCC(N)CC2S(=O)(=O)O)C(OS(=O)O)C1. The van der Waals surface area contributed by atoms with Crippen LogP contribution in [0.25, 0.3) is 0 Å². The standard InChI is InChI=1S/C14H26N2O6S2/c15-11-5-3-9(13(7-11)22-23(17)18)1-2-10-4-6-12(16)8-14(10)24(19,20)21/h1-2,9-14H,3-8,15-16H2,(H,17,18)(H,19,20,21). The summed E-state index contributed by atoms with van der Waals surface area (Å²) in [5.74, 6) is -0.436. The second-order valence-electron chi connectivity index (χ2n) is 6.76. The molecule has 0 bridgehead atoms. The van der Waals surface area contributed by atoms with Gasteiger partial charge in [-0.2, -0.15) is 12.6 Å². The Labute approximate surface area is 145 Å². The molecule has 0 heterocycles. The summed E-state index contributed by atoms with van der Waals surface area (Å²) in [5.41, 5.74) is 11.7. The van der Waals surface area contributed by atoms with Crippen molar-refractivity contribution in [1.82, 2.24) is 0 Å². The highest BCUT2D eigenvalue weighted by atomic mass is 32.2. The van der Waals surface area contributed by atoms with Crippen LogP contribution in [0.4, 0.5) is 0 Å². The molecule has 0 aromatic carbocycles. The predicted molar refractivity (Wildman–Crippen MR) is 90.8 cm³/mol. The zero-order valence-corrected chi connectivity index (χ0v) is 15.0. The fraction of sp³-hybridized carbons (Fsp3) is 0.857. The molecule has 10 heteroatoms. The summed E-state index contributed by atoms with van der Waals surface area (Å²) < 4.78 is 57.6. The molecule has 2 saturated carbocycles. The zero-order valence-electron chi connectivity index (χ0n) is 13.4. The van der Waals surface area contributed by atoms with E-state index in [2.05, 4.69) is 0 Å². The van der Waals surface area contributed by atoms with Crippen LogP contribution in [0.15, 0.2) is 12.2 Å². The molecule has 0 aromatic heterocycles. The van der Waals surface area contributed by atoms with E-state index in [1.807, 2.05) is 6.08 Å². The summed E-state index contributed by atoms with van der Waals surface area (Å²) in [6, 6.07) is -0.316. The molecule has 24 heavy (non-hydrogen) atoms. The molecular formula is C14H26N2O6S2. The van der Waals surface area contributed by atoms with Gasteiger partial charge >= 0.3 is 11.4 Å². The molecule has 8 nitrogen and oxygen atoms in total. The van der Waals surface area contributed by atoms with E-state index in [1.165, 1.54) is 0 Å². The van der Waals surface area contributed by atoms with Crippen LogP contribution < -0.4 is 11.5 Å². The average molecular weight is 383 g/mol. The minimum absolute atomic E-state index is 0.0820. The smallest absolute Gasteiger partial charge is 0.302 e. The van der Waals surface area contributed by atoms with Crippen LogP contribution in [0.1, 0.15) is 38.5 Å². The van der Waals surface area contributed by atoms with Gasteiger partial charge in [-0.25, -0.2) is 0 Å². The first-order chi connectivity index (χ1) is 11.2. The third-order valence-corrected chi connectivity index (χ3v) is 6.68. The summed E-state index contributed by atoms with van der Waals surface area (Å²) in [5, 5.41) is -0.908. The molecule has 7 atom stereocenters. The highest BCUT2D eigenvalue weighted by molar-refractivity contribution is 7.86. The Bertz CT molecular complexity index is 582. The van der Waals surface area contributed by atoms with E-state index in [0.29, 0.717) is 25.7 Å². The van der Waals surface area contributed by atoms with Crippen LogP contribution in [0.3, 0.4) is 0 Å². The molecule has 2 fully saturated rings. The van der Waals surface area contributed by atoms with Gasteiger partial charge in [-0.1, -0.05) is 12.2 Å². The fourth-order valence-corrected chi connectivity index (χ4v) is 5.24. The second kappa shape index (κ2) is 8.35. The Morgan fingerprint density at radius 3 is 2.12 bits per heavy atom. The van der Waals surface area contributed by atoms with E-state index in [1.54, 1.807) is 6.08 Å². The monoisotopic (exact) mass is 382 g/mol. The van der Waals surface area contributed by atoms with Crippen molar-refractivity contribution < 1.29 is 25.9 Å². The summed E-state index contributed by atoms with van der Waals surface area (Å²) in [6.45, 7) is 0. The van der Waals surface area contributed by atoms with Gasteiger partial charge in [0.1, 0.15) is 0 Å². The highest BCUT2D eigenvalue weighted by Gasteiger charge is 2.36. The quantitative estimate of drug-likeness (QED) is 0.306. The van der Waals surface area contributed by atoms with Crippen molar-refractivity contribution in [2.45, 2.75) is 62.0 Å². The van der Waals surface area contributed by atoms with Crippen molar-refractivity contribution in [3.8, 4) is 0 Å². The van der Waals surface area contributed by atoms with Crippen molar-refractivity contribution in [3.05, 3.63) is 12.2 Å². The van der Waals surface area contributed by atoms with Gasteiger partial charge in [0.25, 0.3) is 10.1 Å². The van der Waals surface area contributed by atoms with Crippen LogP contribution in [0.5, 0.6) is 0 Å². The van der Waals surface area contributed by atoms with E-state index in [0.717, 1.165) is 6.42 Å². The van der Waals surface area contributed by atoms with Gasteiger partial charge in [-0.05, 0) is 44.4 Å². The molecule has 6 N–H and O–H groups in total. The van der Waals surface area contributed by atoms with Gasteiger partial charge < -0.3 is 11.5 Å². The summed E-state index contributed by atoms with van der Waals surface area (Å²) >= 11 is -2.37. The Hall–Kier alpha value is -0.360. The highest BCUT2D eigenvalue weighted by Crippen LogP contribution is 2.33. The topological polar surface area (TPSA) is 153 Å². The van der Waals surface area contributed by atoms with E-state index >= 15 is 0 Å². The normalized spacial score (nSPS) is 39.8. The Morgan fingerprint density at radius 2 is 1.54 bits per heavy atom. The van der Waals surface area contributed by atoms with Crippen LogP contribution >= 0.6 is 0 Å². The maximum Gasteiger partial charge on any atom is 0.302 e. The van der Waals surface area contributed by atoms with Crippen molar-refractivity contribution >= 4 is 21.5 Å². The molecule has 0 saturated heterocycles. The van der Waals surface area contributed by atoms with Crippen LogP contribution in [-0.2, 0) is 25.7 Å². The lowest BCUT2D eigenvalue weighted by molar-refractivity contribution is 0.110. The number of allylic oxidation sites excluding steroid dienone is 1. The molecule has 140 valence electrons. The third-order valence-electron chi connectivity index (χ3n) is 4.96. The van der Waals surface area contributed by atoms with Crippen molar-refractivity contribution in [2.24, 2.45) is 23.3 Å². The Morgan fingerprint density at radius 1 is 1.00 bits per heavy atom. The van der Waals surface area contributed by atoms with Gasteiger partial charge in [-0.15, -0.1) is 0 Å². The number of nitrogens with two attached hydrogens (primary N) is 2. The number of hydrogen-bond acceptors (Lipinski definition) is 6. The average Bonchev–Trinajstić information content (AvgIpc) is 2.46. The molecule has 7 unspecified atom stereocenters. The van der Waals surface area contributed by atoms with Crippen LogP contribution in [0, 0.1) is 11.8 Å². The van der Waals surface area contributed by atoms with Crippen LogP contribution in [-0.4, -0.2) is 45.2 Å². The summed E-state index contributed by atoms with van der Waals surface area (Å²) in [6.07, 6.45) is 6.56. The minimum atomic E-state index is -4.17. The lowest BCUT2D eigenvalue weighted by Crippen LogP contribution is -2.41. The predicted octanol–water partition coefficient (Wildman–Crippen LogP) is 0.576. The van der Waals surface area contributed by atoms with Crippen molar-refractivity contribution in [3.63, 3.8) is 0 Å². The van der Waals surface area contributed by atoms with Gasteiger partial charge in [-0.3, -0.25) is 13.3 Å². The maximum atomic E-state index is 11.6. The van der Waals surface area contributed by atoms with E-state index in [-0.39, 0.29) is 30.3 Å². The van der Waals surface area contributed by atoms with E-state index in [9.17, 15) is 17.2 Å². The molecule has 2 rings (SSSR count). The molecule has 2 aliphatic rings. The Kier molecular flexibility index (Phi) is 6.94. The molecule has 0 spiro atoms. The zero-order chi connectivity index (χ0) is 17.9. The van der Waals surface area contributed by atoms with E-state index in [4.69, 9.17) is 20.2 Å². The molecule has 0 amide bonds. The lowest BCUT2D eigenvalue weighted by Gasteiger charge is -2.33. The molecular weight excluding hydrogens is 356 g/mol. The summed E-state index contributed by atoms with van der Waals surface area (Å²) in [7, 11) is -4.17. The van der Waals surface area contributed by atoms with Gasteiger partial charge in [0.15, 0.2) is 0 Å². The molecule has 0 radical (unpaired) electrons. The minimum Gasteiger partial charge on any atom is -0.328 e. The first kappa shape index (κ1) is 20.0. The first-order valence-corrected chi connectivity index (χ1v) is 10.6. The molecule has 0 aliphatic heterocycles. The van der Waals surface area contributed by atoms with Crippen LogP contribution in [0.2, 0.25) is 0 Å². The third kappa shape index (κ3) is 5.58. The lowest BCUT2D eigenvalue weighted by atomic mass is 9.81. The Balaban J connectivity index is 2.10. The second-order valence-corrected chi connectivity index (χ2v) is 9.03. The number of hydrogen-bond donors (Lipinski definition) is 4. The van der Waals surface area contributed by atoms with Gasteiger partial charge in [0.2, 0.25) is 0 Å². The summed E-state index contributed by atoms with van der Waals surface area (Å²) in [4.78, 5) is 0. The first-order valence-electron chi connectivity index (χ1n) is 8.10. The van der Waals surface area contributed by atoms with Gasteiger partial charge in [0.05, 0.1) is 11.4 Å². The fourth-order valence-electron chi connectivity index (χ4n) is 3.65. The van der Waals surface area contributed by atoms with Gasteiger partial charge in [0, 0.05) is 18.0 Å². The van der Waals surface area contributed by atoms with Crippen molar-refractivity contribution in [2.75, 3.05) is 0 Å². The largest absolute Gasteiger partial charge is 0.328 e.